The van der Waals surface area contributed by atoms with Crippen molar-refractivity contribution in [2.75, 3.05) is 7.11 Å². The predicted octanol–water partition coefficient (Wildman–Crippen LogP) is 0.813. The second kappa shape index (κ2) is 4.19. The molecule has 0 aliphatic carbocycles. The maximum absolute atomic E-state index is 12.2. The maximum Gasteiger partial charge on any atom is 0.269 e. The summed E-state index contributed by atoms with van der Waals surface area (Å²) < 4.78 is 29.2. The summed E-state index contributed by atoms with van der Waals surface area (Å²) in [5, 5.41) is 8.79. The van der Waals surface area contributed by atoms with E-state index in [2.05, 4.69) is 4.98 Å². The number of alkyl halides is 2. The third kappa shape index (κ3) is 1.74. The topological polar surface area (TPSA) is 62.3 Å². The quantitative estimate of drug-likeness (QED) is 0.767. The molecule has 0 aliphatic heterocycles. The Kier molecular flexibility index (Phi) is 3.19. The first-order chi connectivity index (χ1) is 6.61. The Morgan fingerprint density at radius 2 is 2.29 bits per heavy atom. The van der Waals surface area contributed by atoms with Crippen LogP contribution in [0.5, 0.6) is 5.88 Å². The van der Waals surface area contributed by atoms with Gasteiger partial charge in [-0.2, -0.15) is 0 Å². The summed E-state index contributed by atoms with van der Waals surface area (Å²) >= 11 is 0. The van der Waals surface area contributed by atoms with Gasteiger partial charge in [-0.3, -0.25) is 4.79 Å². The first-order valence-electron chi connectivity index (χ1n) is 3.79. The average Bonchev–Trinajstić information content (AvgIpc) is 2.16. The van der Waals surface area contributed by atoms with Gasteiger partial charge >= 0.3 is 0 Å². The fraction of sp³-hybridized carbons (Fsp3) is 0.375. The van der Waals surface area contributed by atoms with Crippen molar-refractivity contribution < 1.29 is 18.6 Å². The molecule has 4 nitrogen and oxygen atoms in total. The van der Waals surface area contributed by atoms with Gasteiger partial charge in [0.05, 0.1) is 24.8 Å². The van der Waals surface area contributed by atoms with Crippen molar-refractivity contribution in [3.63, 3.8) is 0 Å². The van der Waals surface area contributed by atoms with Gasteiger partial charge in [0.15, 0.2) is 11.3 Å². The number of halogens is 2. The van der Waals surface area contributed by atoms with Crippen LogP contribution < -0.4 is 10.2 Å². The number of ether oxygens (including phenoxy) is 1. The van der Waals surface area contributed by atoms with Gasteiger partial charge in [-0.25, -0.2) is 8.78 Å². The molecule has 0 unspecified atom stereocenters. The summed E-state index contributed by atoms with van der Waals surface area (Å²) in [6.45, 7) is -0.640. The molecule has 78 valence electrons. The molecule has 0 spiro atoms. The van der Waals surface area contributed by atoms with Crippen molar-refractivity contribution in [3.05, 3.63) is 27.5 Å². The van der Waals surface area contributed by atoms with E-state index < -0.39 is 24.0 Å². The van der Waals surface area contributed by atoms with Crippen LogP contribution in [0.25, 0.3) is 0 Å². The van der Waals surface area contributed by atoms with E-state index in [1.54, 1.807) is 0 Å². The largest absolute Gasteiger partial charge is 0.482 e. The van der Waals surface area contributed by atoms with Crippen LogP contribution in [0.2, 0.25) is 0 Å². The number of hydrogen-bond donors (Lipinski definition) is 2. The van der Waals surface area contributed by atoms with Gasteiger partial charge in [0.2, 0.25) is 0 Å². The summed E-state index contributed by atoms with van der Waals surface area (Å²) in [5.41, 5.74) is -1.75. The predicted molar refractivity (Wildman–Crippen MR) is 44.5 cm³/mol. The van der Waals surface area contributed by atoms with Crippen molar-refractivity contribution in [1.82, 2.24) is 4.98 Å². The van der Waals surface area contributed by atoms with E-state index in [0.717, 1.165) is 6.20 Å². The van der Waals surface area contributed by atoms with Crippen molar-refractivity contribution in [2.45, 2.75) is 13.0 Å². The molecule has 0 aromatic carbocycles. The number of H-pyrrole nitrogens is 1. The number of aliphatic hydroxyl groups is 1. The molecule has 0 amide bonds. The van der Waals surface area contributed by atoms with Gasteiger partial charge in [0, 0.05) is 6.20 Å². The minimum absolute atomic E-state index is 0.00176. The smallest absolute Gasteiger partial charge is 0.269 e. The molecule has 0 saturated heterocycles. The lowest BCUT2D eigenvalue weighted by Crippen LogP contribution is -2.17. The average molecular weight is 205 g/mol. The maximum atomic E-state index is 12.2. The lowest BCUT2D eigenvalue weighted by atomic mass is 10.2. The number of methoxy groups -OCH3 is 1. The van der Waals surface area contributed by atoms with E-state index in [9.17, 15) is 13.6 Å². The number of pyridine rings is 1. The number of aromatic amines is 1. The normalized spacial score (nSPS) is 10.6. The standard InChI is InChI=1S/C8H9F2NO3/c1-14-8-5(3-12)6(13)4(2-11-8)7(9)10/h2,7,12H,3H2,1H3,(H,11,13). The zero-order valence-corrected chi connectivity index (χ0v) is 7.38. The number of nitrogens with one attached hydrogen (secondary N) is 1. The molecule has 0 saturated carbocycles. The fourth-order valence-electron chi connectivity index (χ4n) is 1.06. The number of aromatic nitrogens is 1. The van der Waals surface area contributed by atoms with Gasteiger partial charge in [-0.15, -0.1) is 0 Å². The minimum Gasteiger partial charge on any atom is -0.482 e. The summed E-state index contributed by atoms with van der Waals surface area (Å²) in [6.07, 6.45) is -1.99. The van der Waals surface area contributed by atoms with E-state index >= 15 is 0 Å². The van der Waals surface area contributed by atoms with Gasteiger partial charge < -0.3 is 14.8 Å². The summed E-state index contributed by atoms with van der Waals surface area (Å²) in [7, 11) is 1.27. The van der Waals surface area contributed by atoms with Crippen LogP contribution in [0.4, 0.5) is 8.78 Å². The molecule has 14 heavy (non-hydrogen) atoms. The van der Waals surface area contributed by atoms with E-state index in [0.29, 0.717) is 0 Å². The molecule has 0 aliphatic rings. The lowest BCUT2D eigenvalue weighted by molar-refractivity contribution is 0.149. The Bertz CT molecular complexity index is 375. The monoisotopic (exact) mass is 205 g/mol. The highest BCUT2D eigenvalue weighted by atomic mass is 19.3. The van der Waals surface area contributed by atoms with Crippen molar-refractivity contribution in [3.8, 4) is 5.88 Å². The van der Waals surface area contributed by atoms with Crippen LogP contribution >= 0.6 is 0 Å². The van der Waals surface area contributed by atoms with Crippen LogP contribution in [0.15, 0.2) is 11.0 Å². The minimum atomic E-state index is -2.87. The Morgan fingerprint density at radius 3 is 2.71 bits per heavy atom. The molecule has 6 heteroatoms. The van der Waals surface area contributed by atoms with Crippen LogP contribution in [-0.4, -0.2) is 17.2 Å². The highest BCUT2D eigenvalue weighted by molar-refractivity contribution is 5.30. The van der Waals surface area contributed by atoms with Crippen molar-refractivity contribution in [1.29, 1.82) is 0 Å². The Balaban J connectivity index is 3.35. The van der Waals surface area contributed by atoms with E-state index in [4.69, 9.17) is 9.84 Å². The van der Waals surface area contributed by atoms with E-state index in [1.807, 2.05) is 0 Å². The van der Waals surface area contributed by atoms with E-state index in [1.165, 1.54) is 7.11 Å². The molecule has 1 aromatic heterocycles. The van der Waals surface area contributed by atoms with Gasteiger partial charge in [-0.1, -0.05) is 0 Å². The molecule has 1 rings (SSSR count). The van der Waals surface area contributed by atoms with Crippen LogP contribution in [-0.2, 0) is 6.61 Å². The molecule has 1 heterocycles. The third-order valence-corrected chi connectivity index (χ3v) is 1.77. The lowest BCUT2D eigenvalue weighted by Gasteiger charge is -2.07. The highest BCUT2D eigenvalue weighted by Gasteiger charge is 2.17. The Labute approximate surface area is 78.1 Å². The van der Waals surface area contributed by atoms with Gasteiger partial charge in [0.1, 0.15) is 0 Å². The first-order valence-corrected chi connectivity index (χ1v) is 3.79. The van der Waals surface area contributed by atoms with Crippen LogP contribution in [0, 0.1) is 0 Å². The molecule has 1 aromatic rings. The molecular formula is C8H9F2NO3. The molecule has 2 N–H and O–H groups in total. The zero-order valence-electron chi connectivity index (χ0n) is 7.38. The summed E-state index contributed by atoms with van der Waals surface area (Å²) in [4.78, 5) is 13.6. The van der Waals surface area contributed by atoms with Gasteiger partial charge in [0.25, 0.3) is 6.43 Å². The van der Waals surface area contributed by atoms with Crippen LogP contribution in [0.3, 0.4) is 0 Å². The SMILES string of the molecule is COc1[nH]cc(C(F)F)c(=O)c1CO. The molecular weight excluding hydrogens is 196 g/mol. The zero-order chi connectivity index (χ0) is 10.7. The van der Waals surface area contributed by atoms with Crippen molar-refractivity contribution >= 4 is 0 Å². The van der Waals surface area contributed by atoms with E-state index in [-0.39, 0.29) is 11.4 Å². The summed E-state index contributed by atoms with van der Waals surface area (Å²) in [6, 6.07) is 0. The highest BCUT2D eigenvalue weighted by Crippen LogP contribution is 2.18. The molecule has 0 radical (unpaired) electrons. The number of rotatable bonds is 3. The Hall–Kier alpha value is -1.43. The second-order valence-electron chi connectivity index (χ2n) is 2.54. The van der Waals surface area contributed by atoms with Gasteiger partial charge in [-0.05, 0) is 0 Å². The van der Waals surface area contributed by atoms with Crippen molar-refractivity contribution in [2.24, 2.45) is 0 Å². The van der Waals surface area contributed by atoms with Crippen LogP contribution in [0.1, 0.15) is 17.6 Å². The molecule has 0 bridgehead atoms. The number of aliphatic hydroxyl groups excluding tert-OH is 1. The second-order valence-corrected chi connectivity index (χ2v) is 2.54. The summed E-state index contributed by atoms with van der Waals surface area (Å²) in [5.74, 6) is 0.00176. The molecule has 0 atom stereocenters. The number of hydrogen-bond acceptors (Lipinski definition) is 3. The third-order valence-electron chi connectivity index (χ3n) is 1.77. The Morgan fingerprint density at radius 1 is 1.64 bits per heavy atom. The molecule has 0 fully saturated rings. The first kappa shape index (κ1) is 10.6. The fourth-order valence-corrected chi connectivity index (χ4v) is 1.06.